The van der Waals surface area contributed by atoms with Crippen LogP contribution in [0.5, 0.6) is 0 Å². The van der Waals surface area contributed by atoms with Gasteiger partial charge in [-0.15, -0.1) is 0 Å². The number of furan rings is 1. The molecule has 16 heavy (non-hydrogen) atoms. The van der Waals surface area contributed by atoms with Crippen molar-refractivity contribution in [3.8, 4) is 0 Å². The summed E-state index contributed by atoms with van der Waals surface area (Å²) in [5.41, 5.74) is 6.38. The van der Waals surface area contributed by atoms with E-state index in [1.807, 2.05) is 6.07 Å². The van der Waals surface area contributed by atoms with Crippen molar-refractivity contribution in [1.82, 2.24) is 5.32 Å². The van der Waals surface area contributed by atoms with Gasteiger partial charge < -0.3 is 15.5 Å². The molecule has 0 radical (unpaired) electrons. The molecule has 4 heteroatoms. The minimum absolute atomic E-state index is 0.106. The summed E-state index contributed by atoms with van der Waals surface area (Å²) < 4.78 is 4.91. The van der Waals surface area contributed by atoms with Gasteiger partial charge in [0.25, 0.3) is 0 Å². The molecule has 0 saturated heterocycles. The highest BCUT2D eigenvalue weighted by molar-refractivity contribution is 5.75. The van der Waals surface area contributed by atoms with E-state index in [9.17, 15) is 4.79 Å². The van der Waals surface area contributed by atoms with E-state index in [0.717, 1.165) is 37.8 Å². The summed E-state index contributed by atoms with van der Waals surface area (Å²) in [5.74, 6) is 0.106. The number of carbonyl (C=O) groups is 1. The van der Waals surface area contributed by atoms with Gasteiger partial charge in [-0.25, -0.2) is 0 Å². The molecule has 0 aliphatic carbocycles. The van der Waals surface area contributed by atoms with Crippen molar-refractivity contribution in [3.05, 3.63) is 24.2 Å². The third kappa shape index (κ3) is 5.56. The SMILES string of the molecule is NCCCCCCC(=O)NCc1ccoc1. The van der Waals surface area contributed by atoms with Crippen LogP contribution in [-0.2, 0) is 11.3 Å². The average molecular weight is 224 g/mol. The van der Waals surface area contributed by atoms with Crippen molar-refractivity contribution < 1.29 is 9.21 Å². The maximum Gasteiger partial charge on any atom is 0.220 e. The number of amides is 1. The van der Waals surface area contributed by atoms with Gasteiger partial charge in [0, 0.05) is 18.5 Å². The Labute approximate surface area is 96.2 Å². The summed E-state index contributed by atoms with van der Waals surface area (Å²) in [4.78, 5) is 11.4. The molecule has 0 spiro atoms. The normalized spacial score (nSPS) is 10.3. The largest absolute Gasteiger partial charge is 0.472 e. The summed E-state index contributed by atoms with van der Waals surface area (Å²) in [6.07, 6.45) is 8.04. The topological polar surface area (TPSA) is 68.3 Å². The number of nitrogens with one attached hydrogen (secondary N) is 1. The van der Waals surface area contributed by atoms with Gasteiger partial charge in [-0.05, 0) is 25.5 Å². The quantitative estimate of drug-likeness (QED) is 0.662. The maximum absolute atomic E-state index is 11.4. The number of unbranched alkanes of at least 4 members (excludes halogenated alkanes) is 3. The van der Waals surface area contributed by atoms with Crippen molar-refractivity contribution in [2.75, 3.05) is 6.54 Å². The molecular formula is C12H20N2O2. The molecule has 0 unspecified atom stereocenters. The fraction of sp³-hybridized carbons (Fsp3) is 0.583. The Bertz CT molecular complexity index is 283. The van der Waals surface area contributed by atoms with Crippen LogP contribution in [0.25, 0.3) is 0 Å². The van der Waals surface area contributed by atoms with Crippen molar-refractivity contribution in [3.63, 3.8) is 0 Å². The lowest BCUT2D eigenvalue weighted by molar-refractivity contribution is -0.121. The molecule has 1 rings (SSSR count). The van der Waals surface area contributed by atoms with Crippen LogP contribution in [0.4, 0.5) is 0 Å². The van der Waals surface area contributed by atoms with Crippen LogP contribution < -0.4 is 11.1 Å². The van der Waals surface area contributed by atoms with Crippen LogP contribution >= 0.6 is 0 Å². The Morgan fingerprint density at radius 2 is 2.12 bits per heavy atom. The van der Waals surface area contributed by atoms with Crippen LogP contribution in [-0.4, -0.2) is 12.5 Å². The maximum atomic E-state index is 11.4. The first kappa shape index (κ1) is 12.8. The van der Waals surface area contributed by atoms with Gasteiger partial charge in [0.15, 0.2) is 0 Å². The number of nitrogens with two attached hydrogens (primary N) is 1. The third-order valence-electron chi connectivity index (χ3n) is 2.43. The lowest BCUT2D eigenvalue weighted by Gasteiger charge is -2.03. The summed E-state index contributed by atoms with van der Waals surface area (Å²) in [6, 6.07) is 1.85. The Morgan fingerprint density at radius 1 is 1.31 bits per heavy atom. The molecule has 1 aromatic rings. The van der Waals surface area contributed by atoms with Crippen LogP contribution in [0, 0.1) is 0 Å². The van der Waals surface area contributed by atoms with Crippen LogP contribution in [0.1, 0.15) is 37.7 Å². The summed E-state index contributed by atoms with van der Waals surface area (Å²) in [5, 5.41) is 2.85. The van der Waals surface area contributed by atoms with Gasteiger partial charge in [0.1, 0.15) is 0 Å². The molecule has 0 fully saturated rings. The standard InChI is InChI=1S/C12H20N2O2/c13-7-4-2-1-3-5-12(15)14-9-11-6-8-16-10-11/h6,8,10H,1-5,7,9,13H2,(H,14,15). The van der Waals surface area contributed by atoms with Crippen molar-refractivity contribution in [1.29, 1.82) is 0 Å². The lowest BCUT2D eigenvalue weighted by atomic mass is 10.1. The van der Waals surface area contributed by atoms with E-state index < -0.39 is 0 Å². The predicted molar refractivity (Wildman–Crippen MR) is 62.7 cm³/mol. The van der Waals surface area contributed by atoms with Gasteiger partial charge >= 0.3 is 0 Å². The first-order valence-corrected chi connectivity index (χ1v) is 5.81. The van der Waals surface area contributed by atoms with Crippen molar-refractivity contribution >= 4 is 5.91 Å². The zero-order valence-electron chi connectivity index (χ0n) is 9.58. The Kier molecular flexibility index (Phi) is 6.33. The summed E-state index contributed by atoms with van der Waals surface area (Å²) in [7, 11) is 0. The molecule has 1 amide bonds. The van der Waals surface area contributed by atoms with E-state index in [4.69, 9.17) is 10.2 Å². The fourth-order valence-electron chi connectivity index (χ4n) is 1.47. The van der Waals surface area contributed by atoms with E-state index >= 15 is 0 Å². The Morgan fingerprint density at radius 3 is 2.81 bits per heavy atom. The Balaban J connectivity index is 1.99. The second-order valence-corrected chi connectivity index (χ2v) is 3.86. The van der Waals surface area contributed by atoms with Gasteiger partial charge in [-0.1, -0.05) is 12.8 Å². The number of rotatable bonds is 8. The highest BCUT2D eigenvalue weighted by Gasteiger charge is 2.01. The zero-order chi connectivity index (χ0) is 11.6. The zero-order valence-corrected chi connectivity index (χ0v) is 9.58. The molecule has 4 nitrogen and oxygen atoms in total. The minimum atomic E-state index is 0.106. The average Bonchev–Trinajstić information content (AvgIpc) is 2.79. The molecule has 0 aliphatic rings. The second-order valence-electron chi connectivity index (χ2n) is 3.86. The predicted octanol–water partition coefficient (Wildman–Crippen LogP) is 1.80. The third-order valence-corrected chi connectivity index (χ3v) is 2.43. The van der Waals surface area contributed by atoms with Crippen LogP contribution in [0.2, 0.25) is 0 Å². The molecule has 90 valence electrons. The second kappa shape index (κ2) is 7.93. The van der Waals surface area contributed by atoms with Gasteiger partial charge in [-0.3, -0.25) is 4.79 Å². The monoisotopic (exact) mass is 224 g/mol. The van der Waals surface area contributed by atoms with Gasteiger partial charge in [0.05, 0.1) is 12.5 Å². The number of carbonyl (C=O) groups excluding carboxylic acids is 1. The van der Waals surface area contributed by atoms with E-state index in [0.29, 0.717) is 13.0 Å². The Hall–Kier alpha value is -1.29. The van der Waals surface area contributed by atoms with E-state index in [2.05, 4.69) is 5.32 Å². The van der Waals surface area contributed by atoms with Crippen LogP contribution in [0.3, 0.4) is 0 Å². The number of hydrogen-bond acceptors (Lipinski definition) is 3. The highest BCUT2D eigenvalue weighted by atomic mass is 16.3. The molecule has 0 saturated carbocycles. The van der Waals surface area contributed by atoms with Crippen molar-refractivity contribution in [2.24, 2.45) is 5.73 Å². The first-order chi connectivity index (χ1) is 7.83. The molecule has 0 atom stereocenters. The van der Waals surface area contributed by atoms with E-state index in [1.165, 1.54) is 0 Å². The molecule has 3 N–H and O–H groups in total. The fourth-order valence-corrected chi connectivity index (χ4v) is 1.47. The molecule has 0 aliphatic heterocycles. The molecule has 0 aromatic carbocycles. The van der Waals surface area contributed by atoms with Gasteiger partial charge in [-0.2, -0.15) is 0 Å². The highest BCUT2D eigenvalue weighted by Crippen LogP contribution is 2.03. The molecule has 1 aromatic heterocycles. The smallest absolute Gasteiger partial charge is 0.220 e. The summed E-state index contributed by atoms with van der Waals surface area (Å²) >= 11 is 0. The molecule has 0 bridgehead atoms. The van der Waals surface area contributed by atoms with Crippen LogP contribution in [0.15, 0.2) is 23.0 Å². The number of hydrogen-bond donors (Lipinski definition) is 2. The molecular weight excluding hydrogens is 204 g/mol. The van der Waals surface area contributed by atoms with Crippen molar-refractivity contribution in [2.45, 2.75) is 38.6 Å². The van der Waals surface area contributed by atoms with E-state index in [1.54, 1.807) is 12.5 Å². The first-order valence-electron chi connectivity index (χ1n) is 5.81. The summed E-state index contributed by atoms with van der Waals surface area (Å²) in [6.45, 7) is 1.30. The lowest BCUT2D eigenvalue weighted by Crippen LogP contribution is -2.21. The molecule has 1 heterocycles. The van der Waals surface area contributed by atoms with Gasteiger partial charge in [0.2, 0.25) is 5.91 Å². The van der Waals surface area contributed by atoms with E-state index in [-0.39, 0.29) is 5.91 Å². The minimum Gasteiger partial charge on any atom is -0.472 e.